The lowest BCUT2D eigenvalue weighted by Crippen LogP contribution is -1.92. The highest BCUT2D eigenvalue weighted by Crippen LogP contribution is 2.54. The summed E-state index contributed by atoms with van der Waals surface area (Å²) in [6, 6.07) is 101. The van der Waals surface area contributed by atoms with Crippen molar-refractivity contribution in [3.8, 4) is 55.6 Å². The van der Waals surface area contributed by atoms with Crippen LogP contribution in [0.1, 0.15) is 0 Å². The van der Waals surface area contributed by atoms with E-state index < -0.39 is 0 Å². The smallest absolute Gasteiger partial charge is 0.147 e. The first-order valence-corrected chi connectivity index (χ1v) is 30.1. The molecule has 0 fully saturated rings. The maximum Gasteiger partial charge on any atom is 0.147 e. The van der Waals surface area contributed by atoms with Gasteiger partial charge in [0.05, 0.1) is 10.8 Å². The van der Waals surface area contributed by atoms with Crippen molar-refractivity contribution >= 4 is 152 Å². The monoisotopic (exact) mass is 1120 g/mol. The third-order valence-electron chi connectivity index (χ3n) is 19.0. The van der Waals surface area contributed by atoms with Gasteiger partial charge in [0, 0.05) is 60.1 Å². The Hall–Kier alpha value is -11.7. The number of para-hydroxylation sites is 4. The fourth-order valence-corrected chi connectivity index (χ4v) is 15.3. The lowest BCUT2D eigenvalue weighted by molar-refractivity contribution is 0.663. The van der Waals surface area contributed by atoms with E-state index in [-0.39, 0.29) is 0 Å². The summed E-state index contributed by atoms with van der Waals surface area (Å²) in [5.41, 5.74) is 17.8. The van der Waals surface area contributed by atoms with Crippen molar-refractivity contribution in [3.05, 3.63) is 279 Å². The Kier molecular flexibility index (Phi) is 9.69. The lowest BCUT2D eigenvalue weighted by atomic mass is 9.83. The van der Waals surface area contributed by atoms with Gasteiger partial charge in [-0.05, 0) is 129 Å². The summed E-state index contributed by atoms with van der Waals surface area (Å²) in [4.78, 5) is 0. The number of fused-ring (bicyclic) bond motifs is 20. The molecule has 4 aromatic heterocycles. The molecule has 0 saturated carbocycles. The molecule has 0 atom stereocenters. The molecule has 4 nitrogen and oxygen atoms in total. The van der Waals surface area contributed by atoms with E-state index in [1.807, 2.05) is 12.1 Å². The maximum absolute atomic E-state index is 7.45. The van der Waals surface area contributed by atoms with Gasteiger partial charge in [-0.3, -0.25) is 0 Å². The first-order valence-electron chi connectivity index (χ1n) is 30.1. The van der Waals surface area contributed by atoms with E-state index >= 15 is 0 Å². The minimum Gasteiger partial charge on any atom is -0.455 e. The molecule has 0 N–H and O–H groups in total. The summed E-state index contributed by atoms with van der Waals surface area (Å²) in [5, 5.41) is 22.3. The highest BCUT2D eigenvalue weighted by molar-refractivity contribution is 6.33. The van der Waals surface area contributed by atoms with Crippen LogP contribution < -0.4 is 0 Å². The molecule has 0 amide bonds. The quantitative estimate of drug-likeness (QED) is 0.161. The third kappa shape index (κ3) is 6.52. The normalized spacial score (nSPS) is 12.3. The number of hydrogen-bond donors (Lipinski definition) is 0. The van der Waals surface area contributed by atoms with E-state index in [1.165, 1.54) is 38.2 Å². The molecule has 0 bridgehead atoms. The Morgan fingerprint density at radius 3 is 1.08 bits per heavy atom. The van der Waals surface area contributed by atoms with Gasteiger partial charge in [0.15, 0.2) is 0 Å². The SMILES string of the molecule is c1ccc2cc(-c3c4ccccc4c(-c4cc5c6cccc(-c7cccc8c(-c9c%10ccccc%10c(-c%10cc%11c%12ccccc%12oc%11c%11c%10oc%10ccccc%10%11)c%10ccccc9%10)cccc78)c6oc5c5c4oc4ccccc45)c4ccccc34)ccc2c1. The fourth-order valence-electron chi connectivity index (χ4n) is 15.3. The molecule has 4 heterocycles. The average molecular weight is 1120 g/mol. The van der Waals surface area contributed by atoms with Gasteiger partial charge in [0.2, 0.25) is 0 Å². The molecule has 16 aromatic carbocycles. The van der Waals surface area contributed by atoms with Gasteiger partial charge in [-0.2, -0.15) is 0 Å². The molecule has 4 heteroatoms. The van der Waals surface area contributed by atoms with Gasteiger partial charge in [-0.1, -0.05) is 243 Å². The highest BCUT2D eigenvalue weighted by Gasteiger charge is 2.28. The molecule has 0 aliphatic heterocycles. The molecule has 20 aromatic rings. The van der Waals surface area contributed by atoms with E-state index in [4.69, 9.17) is 17.7 Å². The van der Waals surface area contributed by atoms with Crippen molar-refractivity contribution in [1.29, 1.82) is 0 Å². The lowest BCUT2D eigenvalue weighted by Gasteiger charge is -2.19. The maximum atomic E-state index is 7.45. The Balaban J connectivity index is 0.814. The summed E-state index contributed by atoms with van der Waals surface area (Å²) in [6.07, 6.45) is 0. The van der Waals surface area contributed by atoms with Crippen molar-refractivity contribution in [2.75, 3.05) is 0 Å². The predicted molar refractivity (Wildman–Crippen MR) is 368 cm³/mol. The van der Waals surface area contributed by atoms with Crippen LogP contribution in [0.15, 0.2) is 297 Å². The van der Waals surface area contributed by atoms with Crippen LogP contribution in [0.5, 0.6) is 0 Å². The largest absolute Gasteiger partial charge is 0.455 e. The van der Waals surface area contributed by atoms with Gasteiger partial charge >= 0.3 is 0 Å². The van der Waals surface area contributed by atoms with Crippen molar-refractivity contribution in [2.24, 2.45) is 0 Å². The second-order valence-electron chi connectivity index (χ2n) is 23.5. The van der Waals surface area contributed by atoms with E-state index in [0.29, 0.717) is 0 Å². The molecule has 406 valence electrons. The molecule has 0 unspecified atom stereocenters. The predicted octanol–water partition coefficient (Wildman–Crippen LogP) is 24.5. The van der Waals surface area contributed by atoms with Crippen LogP contribution >= 0.6 is 0 Å². The van der Waals surface area contributed by atoms with Gasteiger partial charge in [0.25, 0.3) is 0 Å². The molecule has 0 radical (unpaired) electrons. The first kappa shape index (κ1) is 47.6. The number of hydrogen-bond acceptors (Lipinski definition) is 4. The first-order chi connectivity index (χ1) is 43.7. The van der Waals surface area contributed by atoms with Gasteiger partial charge in [-0.15, -0.1) is 0 Å². The van der Waals surface area contributed by atoms with Crippen molar-refractivity contribution < 1.29 is 17.7 Å². The summed E-state index contributed by atoms with van der Waals surface area (Å²) >= 11 is 0. The molecular formula is C84H46O4. The zero-order valence-corrected chi connectivity index (χ0v) is 47.2. The van der Waals surface area contributed by atoms with Crippen LogP contribution in [0.25, 0.3) is 208 Å². The molecule has 0 spiro atoms. The molecule has 20 rings (SSSR count). The second kappa shape index (κ2) is 17.9. The zero-order valence-electron chi connectivity index (χ0n) is 47.2. The Bertz CT molecular complexity index is 6330. The fraction of sp³-hybridized carbons (Fsp3) is 0. The third-order valence-corrected chi connectivity index (χ3v) is 19.0. The molecule has 0 aliphatic carbocycles. The van der Waals surface area contributed by atoms with E-state index in [2.05, 4.69) is 267 Å². The van der Waals surface area contributed by atoms with E-state index in [1.54, 1.807) is 0 Å². The van der Waals surface area contributed by atoms with E-state index in [9.17, 15) is 0 Å². The summed E-state index contributed by atoms with van der Waals surface area (Å²) in [5.74, 6) is 0. The van der Waals surface area contributed by atoms with E-state index in [0.717, 1.165) is 170 Å². The molecule has 88 heavy (non-hydrogen) atoms. The van der Waals surface area contributed by atoms with Crippen molar-refractivity contribution in [2.45, 2.75) is 0 Å². The number of benzene rings is 16. The Morgan fingerprint density at radius 1 is 0.170 bits per heavy atom. The molecule has 0 aliphatic rings. The van der Waals surface area contributed by atoms with Crippen LogP contribution in [0.4, 0.5) is 0 Å². The zero-order chi connectivity index (χ0) is 57.3. The minimum absolute atomic E-state index is 0.806. The summed E-state index contributed by atoms with van der Waals surface area (Å²) in [6.45, 7) is 0. The van der Waals surface area contributed by atoms with Crippen LogP contribution in [0.2, 0.25) is 0 Å². The van der Waals surface area contributed by atoms with Crippen LogP contribution in [-0.2, 0) is 0 Å². The summed E-state index contributed by atoms with van der Waals surface area (Å²) in [7, 11) is 0. The minimum atomic E-state index is 0.806. The average Bonchev–Trinajstić information content (AvgIpc) is 1.42. The number of furan rings is 4. The van der Waals surface area contributed by atoms with Crippen molar-refractivity contribution in [1.82, 2.24) is 0 Å². The molecular weight excluding hydrogens is 1070 g/mol. The van der Waals surface area contributed by atoms with Gasteiger partial charge < -0.3 is 17.7 Å². The Labute approximate surface area is 501 Å². The van der Waals surface area contributed by atoms with Gasteiger partial charge in [-0.25, -0.2) is 0 Å². The van der Waals surface area contributed by atoms with Crippen LogP contribution in [0.3, 0.4) is 0 Å². The van der Waals surface area contributed by atoms with Crippen LogP contribution in [-0.4, -0.2) is 0 Å². The number of rotatable bonds is 5. The van der Waals surface area contributed by atoms with Gasteiger partial charge in [0.1, 0.15) is 44.7 Å². The highest BCUT2D eigenvalue weighted by atomic mass is 16.4. The summed E-state index contributed by atoms with van der Waals surface area (Å²) < 4.78 is 28.3. The van der Waals surface area contributed by atoms with Crippen LogP contribution in [0, 0.1) is 0 Å². The molecule has 0 saturated heterocycles. The Morgan fingerprint density at radius 2 is 0.534 bits per heavy atom. The second-order valence-corrected chi connectivity index (χ2v) is 23.5. The topological polar surface area (TPSA) is 52.6 Å². The standard InChI is InChI=1S/C84H46O4/c1-2-21-48-44-49(43-42-47(48)20-1)74-55-23-3-5-25-57(55)76(58-26-6-4-24-56(58)74)70-46-68-64-38-19-37-63(80(64)88-82(68)79-66-32-13-16-41-73(66)87-84(70)79)52-35-17-34-51-50(52)33-18-36-54(51)75-59-27-7-9-29-61(59)77(62-30-10-8-28-60(62)75)69-45-67-53-22-11-14-39-71(53)85-81(67)78-65-31-12-15-40-72(65)86-83(69)78/h1-46H. The van der Waals surface area contributed by atoms with Crippen molar-refractivity contribution in [3.63, 3.8) is 0 Å².